The van der Waals surface area contributed by atoms with Crippen molar-refractivity contribution in [1.82, 2.24) is 0 Å². The molecule has 0 unspecified atom stereocenters. The van der Waals surface area contributed by atoms with Crippen molar-refractivity contribution in [2.24, 2.45) is 0 Å². The van der Waals surface area contributed by atoms with Crippen LogP contribution < -0.4 is 8.92 Å². The molecule has 0 aliphatic rings. The Kier molecular flexibility index (Phi) is 5.01. The van der Waals surface area contributed by atoms with Crippen LogP contribution in [0.3, 0.4) is 0 Å². The van der Waals surface area contributed by atoms with Gasteiger partial charge in [-0.15, -0.1) is 0 Å². The number of rotatable bonds is 5. The van der Waals surface area contributed by atoms with Crippen LogP contribution in [-0.2, 0) is 10.1 Å². The number of para-hydroxylation sites is 2. The molecule has 0 amide bonds. The van der Waals surface area contributed by atoms with Gasteiger partial charge in [-0.1, -0.05) is 60.7 Å². The van der Waals surface area contributed by atoms with Crippen molar-refractivity contribution in [3.05, 3.63) is 103 Å². The molecule has 0 spiro atoms. The third-order valence-corrected chi connectivity index (χ3v) is 5.50. The first-order valence-corrected chi connectivity index (χ1v) is 10.2. The topological polar surface area (TPSA) is 69.7 Å². The molecule has 0 saturated heterocycles. The van der Waals surface area contributed by atoms with Gasteiger partial charge >= 0.3 is 16.1 Å². The highest BCUT2D eigenvalue weighted by molar-refractivity contribution is 7.87. The lowest BCUT2D eigenvalue weighted by molar-refractivity contribution is 0.0733. The summed E-state index contributed by atoms with van der Waals surface area (Å²) in [4.78, 5) is 12.5. The van der Waals surface area contributed by atoms with Crippen LogP contribution >= 0.6 is 0 Å². The van der Waals surface area contributed by atoms with Crippen LogP contribution in [0.2, 0.25) is 0 Å². The van der Waals surface area contributed by atoms with Crippen molar-refractivity contribution in [3.8, 4) is 11.5 Å². The fourth-order valence-corrected chi connectivity index (χ4v) is 3.83. The summed E-state index contributed by atoms with van der Waals surface area (Å²) in [6, 6.07) is 26.7. The van der Waals surface area contributed by atoms with E-state index in [1.54, 1.807) is 48.5 Å². The number of hydrogen-bond acceptors (Lipinski definition) is 5. The van der Waals surface area contributed by atoms with Crippen LogP contribution in [-0.4, -0.2) is 14.4 Å². The predicted molar refractivity (Wildman–Crippen MR) is 110 cm³/mol. The molecule has 0 fully saturated rings. The summed E-state index contributed by atoms with van der Waals surface area (Å²) < 4.78 is 36.2. The third kappa shape index (κ3) is 4.12. The molecule has 0 saturated carbocycles. The average molecular weight is 404 g/mol. The molecular formula is C23H16O5S. The Hall–Kier alpha value is -3.64. The van der Waals surface area contributed by atoms with Crippen LogP contribution in [0.1, 0.15) is 10.4 Å². The zero-order valence-corrected chi connectivity index (χ0v) is 16.0. The van der Waals surface area contributed by atoms with Crippen molar-refractivity contribution >= 4 is 26.9 Å². The highest BCUT2D eigenvalue weighted by Crippen LogP contribution is 2.26. The van der Waals surface area contributed by atoms with Crippen LogP contribution in [0, 0.1) is 0 Å². The van der Waals surface area contributed by atoms with E-state index in [9.17, 15) is 13.2 Å². The van der Waals surface area contributed by atoms with E-state index in [1.165, 1.54) is 24.3 Å². The molecule has 144 valence electrons. The zero-order chi connectivity index (χ0) is 20.3. The highest BCUT2D eigenvalue weighted by atomic mass is 32.2. The van der Waals surface area contributed by atoms with Gasteiger partial charge in [0.25, 0.3) is 0 Å². The van der Waals surface area contributed by atoms with Gasteiger partial charge in [0.05, 0.1) is 0 Å². The van der Waals surface area contributed by atoms with E-state index in [-0.39, 0.29) is 16.2 Å². The van der Waals surface area contributed by atoms with Crippen molar-refractivity contribution in [2.75, 3.05) is 0 Å². The van der Waals surface area contributed by atoms with E-state index < -0.39 is 16.1 Å². The fraction of sp³-hybridized carbons (Fsp3) is 0. The zero-order valence-electron chi connectivity index (χ0n) is 15.2. The molecule has 0 radical (unpaired) electrons. The molecule has 0 atom stereocenters. The minimum Gasteiger partial charge on any atom is -0.423 e. The molecule has 0 heterocycles. The minimum atomic E-state index is -4.14. The summed E-state index contributed by atoms with van der Waals surface area (Å²) in [5.41, 5.74) is 0.0146. The number of carbonyl (C=O) groups is 1. The second-order valence-electron chi connectivity index (χ2n) is 6.25. The molecule has 0 N–H and O–H groups in total. The lowest BCUT2D eigenvalue weighted by atomic mass is 10.1. The van der Waals surface area contributed by atoms with Crippen molar-refractivity contribution in [2.45, 2.75) is 4.90 Å². The number of benzene rings is 4. The Morgan fingerprint density at radius 2 is 1.34 bits per heavy atom. The second-order valence-corrected chi connectivity index (χ2v) is 7.79. The molecule has 6 heteroatoms. The summed E-state index contributed by atoms with van der Waals surface area (Å²) in [7, 11) is -4.14. The summed E-state index contributed by atoms with van der Waals surface area (Å²) in [5.74, 6) is -0.452. The normalized spacial score (nSPS) is 11.2. The number of esters is 1. The molecule has 5 nitrogen and oxygen atoms in total. The number of ether oxygens (including phenoxy) is 1. The van der Waals surface area contributed by atoms with Gasteiger partial charge in [0.2, 0.25) is 0 Å². The summed E-state index contributed by atoms with van der Waals surface area (Å²) in [5, 5.41) is 1.69. The second kappa shape index (κ2) is 7.77. The van der Waals surface area contributed by atoms with Crippen LogP contribution in [0.25, 0.3) is 10.8 Å². The van der Waals surface area contributed by atoms with Crippen LogP contribution in [0.15, 0.2) is 102 Å². The van der Waals surface area contributed by atoms with E-state index in [0.717, 1.165) is 10.8 Å². The standard InChI is InChI=1S/C23H16O5S/c24-23(27-19-10-2-1-3-11-19)21-12-6-7-13-22(21)28-29(25,26)20-15-14-17-8-4-5-9-18(17)16-20/h1-16H. The molecule has 0 bridgehead atoms. The van der Waals surface area contributed by atoms with Gasteiger partial charge in [-0.25, -0.2) is 4.79 Å². The SMILES string of the molecule is O=C(Oc1ccccc1)c1ccccc1OS(=O)(=O)c1ccc2ccccc2c1. The molecule has 0 aliphatic carbocycles. The first-order valence-electron chi connectivity index (χ1n) is 8.82. The molecule has 29 heavy (non-hydrogen) atoms. The monoisotopic (exact) mass is 404 g/mol. The van der Waals surface area contributed by atoms with Crippen molar-refractivity contribution in [1.29, 1.82) is 0 Å². The minimum absolute atomic E-state index is 0.00225. The Balaban J connectivity index is 1.64. The van der Waals surface area contributed by atoms with Gasteiger partial charge in [-0.3, -0.25) is 0 Å². The molecule has 4 rings (SSSR count). The lowest BCUT2D eigenvalue weighted by Gasteiger charge is -2.11. The Labute approximate surface area is 168 Å². The Morgan fingerprint density at radius 1 is 0.690 bits per heavy atom. The molecule has 0 aliphatic heterocycles. The smallest absolute Gasteiger partial charge is 0.347 e. The number of fused-ring (bicyclic) bond motifs is 1. The quantitative estimate of drug-likeness (QED) is 0.271. The first kappa shape index (κ1) is 18.7. The summed E-state index contributed by atoms with van der Waals surface area (Å²) >= 11 is 0. The lowest BCUT2D eigenvalue weighted by Crippen LogP contribution is -2.15. The Morgan fingerprint density at radius 3 is 2.14 bits per heavy atom. The van der Waals surface area contributed by atoms with E-state index in [2.05, 4.69) is 0 Å². The maximum atomic E-state index is 12.8. The van der Waals surface area contributed by atoms with Gasteiger partial charge in [0.1, 0.15) is 16.2 Å². The van der Waals surface area contributed by atoms with Gasteiger partial charge in [-0.05, 0) is 47.2 Å². The summed E-state index contributed by atoms with van der Waals surface area (Å²) in [6.45, 7) is 0. The third-order valence-electron chi connectivity index (χ3n) is 4.27. The molecule has 0 aromatic heterocycles. The predicted octanol–water partition coefficient (Wildman–Crippen LogP) is 4.83. The van der Waals surface area contributed by atoms with Crippen molar-refractivity contribution < 1.29 is 22.1 Å². The number of hydrogen-bond donors (Lipinski definition) is 0. The van der Waals surface area contributed by atoms with Gasteiger partial charge < -0.3 is 8.92 Å². The highest BCUT2D eigenvalue weighted by Gasteiger charge is 2.22. The maximum Gasteiger partial charge on any atom is 0.347 e. The summed E-state index contributed by atoms with van der Waals surface area (Å²) in [6.07, 6.45) is 0. The Bertz CT molecular complexity index is 1280. The van der Waals surface area contributed by atoms with E-state index in [4.69, 9.17) is 8.92 Å². The molecule has 4 aromatic rings. The van der Waals surface area contributed by atoms with E-state index in [0.29, 0.717) is 5.75 Å². The largest absolute Gasteiger partial charge is 0.423 e. The van der Waals surface area contributed by atoms with Gasteiger partial charge in [0.15, 0.2) is 5.75 Å². The van der Waals surface area contributed by atoms with Gasteiger partial charge in [0, 0.05) is 0 Å². The maximum absolute atomic E-state index is 12.8. The van der Waals surface area contributed by atoms with Crippen LogP contribution in [0.5, 0.6) is 11.5 Å². The van der Waals surface area contributed by atoms with E-state index >= 15 is 0 Å². The fourth-order valence-electron chi connectivity index (χ4n) is 2.85. The first-order chi connectivity index (χ1) is 14.0. The van der Waals surface area contributed by atoms with Crippen molar-refractivity contribution in [3.63, 3.8) is 0 Å². The van der Waals surface area contributed by atoms with Gasteiger partial charge in [-0.2, -0.15) is 8.42 Å². The number of carbonyl (C=O) groups excluding carboxylic acids is 1. The molecular weight excluding hydrogens is 388 g/mol. The average Bonchev–Trinajstić information content (AvgIpc) is 2.74. The molecule has 4 aromatic carbocycles. The van der Waals surface area contributed by atoms with E-state index in [1.807, 2.05) is 24.3 Å². The van der Waals surface area contributed by atoms with Crippen LogP contribution in [0.4, 0.5) is 0 Å².